The summed E-state index contributed by atoms with van der Waals surface area (Å²) in [5.74, 6) is -0.251. The van der Waals surface area contributed by atoms with E-state index in [2.05, 4.69) is 5.32 Å². The standard InChI is InChI=1S/C24H29FN4O3/c1-5-29-23-16(17(24(29)32-4)14-22(31)28(2)3)12-15(13-18(23)25)10-11-21(30)27-20-9-7-6-8-19(20)26/h6-9,12-13H,5,10-11,14,26H2,1-4H3,(H,27,30). The number of halogens is 1. The van der Waals surface area contributed by atoms with Crippen molar-refractivity contribution in [3.63, 3.8) is 0 Å². The molecule has 7 nitrogen and oxygen atoms in total. The average molecular weight is 441 g/mol. The van der Waals surface area contributed by atoms with Crippen LogP contribution in [0.1, 0.15) is 24.5 Å². The van der Waals surface area contributed by atoms with Gasteiger partial charge in [-0.15, -0.1) is 0 Å². The highest BCUT2D eigenvalue weighted by atomic mass is 19.1. The number of rotatable bonds is 8. The summed E-state index contributed by atoms with van der Waals surface area (Å²) >= 11 is 0. The van der Waals surface area contributed by atoms with Crippen molar-refractivity contribution in [3.8, 4) is 5.88 Å². The molecular formula is C24H29FN4O3. The maximum absolute atomic E-state index is 15.2. The van der Waals surface area contributed by atoms with Gasteiger partial charge in [-0.2, -0.15) is 0 Å². The van der Waals surface area contributed by atoms with E-state index in [4.69, 9.17) is 10.5 Å². The molecule has 32 heavy (non-hydrogen) atoms. The number of nitrogens with two attached hydrogens (primary N) is 1. The van der Waals surface area contributed by atoms with E-state index < -0.39 is 5.82 Å². The van der Waals surface area contributed by atoms with Crippen LogP contribution in [0.15, 0.2) is 36.4 Å². The second kappa shape index (κ2) is 9.72. The van der Waals surface area contributed by atoms with Gasteiger partial charge in [0.15, 0.2) is 5.88 Å². The molecule has 1 aromatic heterocycles. The second-order valence-corrected chi connectivity index (χ2v) is 7.81. The molecule has 2 aromatic carbocycles. The first-order valence-electron chi connectivity index (χ1n) is 10.5. The van der Waals surface area contributed by atoms with Crippen molar-refractivity contribution >= 4 is 34.1 Å². The molecule has 2 amide bonds. The van der Waals surface area contributed by atoms with Crippen molar-refractivity contribution in [1.82, 2.24) is 9.47 Å². The molecule has 3 aromatic rings. The molecule has 0 saturated carbocycles. The number of nitrogen functional groups attached to an aromatic ring is 1. The zero-order chi connectivity index (χ0) is 23.4. The van der Waals surface area contributed by atoms with Gasteiger partial charge in [0.2, 0.25) is 11.8 Å². The Morgan fingerprint density at radius 1 is 1.22 bits per heavy atom. The lowest BCUT2D eigenvalue weighted by atomic mass is 10.0. The summed E-state index contributed by atoms with van der Waals surface area (Å²) in [6.45, 7) is 2.39. The van der Waals surface area contributed by atoms with Gasteiger partial charge in [0.25, 0.3) is 0 Å². The Kier molecular flexibility index (Phi) is 7.02. The number of anilines is 2. The summed E-state index contributed by atoms with van der Waals surface area (Å²) in [5.41, 5.74) is 8.61. The average Bonchev–Trinajstić information content (AvgIpc) is 3.06. The number of carbonyl (C=O) groups is 2. The van der Waals surface area contributed by atoms with Gasteiger partial charge in [0.05, 0.1) is 30.4 Å². The van der Waals surface area contributed by atoms with Crippen LogP contribution in [-0.4, -0.2) is 42.5 Å². The van der Waals surface area contributed by atoms with Gasteiger partial charge in [-0.25, -0.2) is 4.39 Å². The van der Waals surface area contributed by atoms with Crippen molar-refractivity contribution in [2.75, 3.05) is 32.3 Å². The molecule has 0 spiro atoms. The number of nitrogens with zero attached hydrogens (tertiary/aromatic N) is 2. The van der Waals surface area contributed by atoms with Gasteiger partial charge >= 0.3 is 0 Å². The van der Waals surface area contributed by atoms with Crippen LogP contribution < -0.4 is 15.8 Å². The number of likely N-dealkylation sites (N-methyl/N-ethyl adjacent to an activating group) is 1. The van der Waals surface area contributed by atoms with Crippen molar-refractivity contribution in [2.24, 2.45) is 0 Å². The fourth-order valence-electron chi connectivity index (χ4n) is 3.78. The predicted molar refractivity (Wildman–Crippen MR) is 124 cm³/mol. The molecule has 0 aliphatic carbocycles. The highest BCUT2D eigenvalue weighted by molar-refractivity contribution is 5.95. The van der Waals surface area contributed by atoms with E-state index in [-0.39, 0.29) is 24.7 Å². The minimum atomic E-state index is -0.408. The smallest absolute Gasteiger partial charge is 0.226 e. The first-order valence-corrected chi connectivity index (χ1v) is 10.5. The number of fused-ring (bicyclic) bond motifs is 1. The van der Waals surface area contributed by atoms with E-state index in [1.807, 2.05) is 13.0 Å². The molecule has 0 bridgehead atoms. The van der Waals surface area contributed by atoms with Gasteiger partial charge in [0.1, 0.15) is 5.82 Å². The Morgan fingerprint density at radius 2 is 1.94 bits per heavy atom. The molecule has 3 rings (SSSR count). The number of carbonyl (C=O) groups excluding carboxylic acids is 2. The van der Waals surface area contributed by atoms with Crippen LogP contribution in [0.3, 0.4) is 0 Å². The summed E-state index contributed by atoms with van der Waals surface area (Å²) in [6, 6.07) is 10.3. The molecule has 1 heterocycles. The van der Waals surface area contributed by atoms with Crippen LogP contribution in [-0.2, 0) is 29.0 Å². The minimum absolute atomic E-state index is 0.0936. The van der Waals surface area contributed by atoms with E-state index in [9.17, 15) is 9.59 Å². The zero-order valence-corrected chi connectivity index (χ0v) is 18.9. The first kappa shape index (κ1) is 23.1. The Morgan fingerprint density at radius 3 is 2.56 bits per heavy atom. The number of hydrogen-bond donors (Lipinski definition) is 2. The number of ether oxygens (including phenoxy) is 1. The lowest BCUT2D eigenvalue weighted by Gasteiger charge is -2.11. The van der Waals surface area contributed by atoms with Crippen molar-refractivity contribution in [3.05, 3.63) is 53.3 Å². The second-order valence-electron chi connectivity index (χ2n) is 7.81. The third-order valence-corrected chi connectivity index (χ3v) is 5.43. The zero-order valence-electron chi connectivity index (χ0n) is 18.9. The number of hydrogen-bond acceptors (Lipinski definition) is 4. The maximum Gasteiger partial charge on any atom is 0.226 e. The number of nitrogens with one attached hydrogen (secondary N) is 1. The van der Waals surface area contributed by atoms with E-state index in [0.29, 0.717) is 52.3 Å². The Bertz CT molecular complexity index is 1150. The molecular weight excluding hydrogens is 411 g/mol. The third-order valence-electron chi connectivity index (χ3n) is 5.43. The molecule has 0 aliphatic rings. The van der Waals surface area contributed by atoms with Crippen LogP contribution >= 0.6 is 0 Å². The lowest BCUT2D eigenvalue weighted by molar-refractivity contribution is -0.128. The fraction of sp³-hybridized carbons (Fsp3) is 0.333. The monoisotopic (exact) mass is 440 g/mol. The van der Waals surface area contributed by atoms with Crippen LogP contribution in [0.5, 0.6) is 5.88 Å². The fourth-order valence-corrected chi connectivity index (χ4v) is 3.78. The van der Waals surface area contributed by atoms with E-state index >= 15 is 4.39 Å². The summed E-state index contributed by atoms with van der Waals surface area (Å²) in [7, 11) is 4.87. The highest BCUT2D eigenvalue weighted by Gasteiger charge is 2.23. The lowest BCUT2D eigenvalue weighted by Crippen LogP contribution is -2.23. The van der Waals surface area contributed by atoms with Gasteiger partial charge in [0, 0.05) is 38.0 Å². The quantitative estimate of drug-likeness (QED) is 0.524. The van der Waals surface area contributed by atoms with Gasteiger partial charge in [-0.05, 0) is 43.2 Å². The number of para-hydroxylation sites is 2. The molecule has 0 unspecified atom stereocenters. The maximum atomic E-state index is 15.2. The topological polar surface area (TPSA) is 89.6 Å². The number of amides is 2. The Hall–Kier alpha value is -3.55. The summed E-state index contributed by atoms with van der Waals surface area (Å²) in [4.78, 5) is 26.3. The minimum Gasteiger partial charge on any atom is -0.482 e. The van der Waals surface area contributed by atoms with Crippen molar-refractivity contribution < 1.29 is 18.7 Å². The summed E-state index contributed by atoms with van der Waals surface area (Å²) in [6.07, 6.45) is 0.597. The van der Waals surface area contributed by atoms with Crippen LogP contribution in [0.4, 0.5) is 15.8 Å². The summed E-state index contributed by atoms with van der Waals surface area (Å²) in [5, 5.41) is 3.41. The summed E-state index contributed by atoms with van der Waals surface area (Å²) < 4.78 is 22.4. The molecule has 0 aliphatic heterocycles. The normalized spacial score (nSPS) is 10.9. The first-order chi connectivity index (χ1) is 15.3. The van der Waals surface area contributed by atoms with Gasteiger partial charge in [-0.3, -0.25) is 9.59 Å². The van der Waals surface area contributed by atoms with Gasteiger partial charge < -0.3 is 25.3 Å². The van der Waals surface area contributed by atoms with E-state index in [0.717, 1.165) is 0 Å². The number of aromatic nitrogens is 1. The van der Waals surface area contributed by atoms with Crippen LogP contribution in [0.25, 0.3) is 10.9 Å². The molecule has 3 N–H and O–H groups in total. The number of methoxy groups -OCH3 is 1. The molecule has 8 heteroatoms. The van der Waals surface area contributed by atoms with E-state index in [1.165, 1.54) is 18.1 Å². The van der Waals surface area contributed by atoms with Gasteiger partial charge in [-0.1, -0.05) is 12.1 Å². The van der Waals surface area contributed by atoms with Crippen LogP contribution in [0, 0.1) is 5.82 Å². The third kappa shape index (κ3) is 4.69. The predicted octanol–water partition coefficient (Wildman–Crippen LogP) is 3.59. The largest absolute Gasteiger partial charge is 0.482 e. The SMILES string of the molecule is CCn1c(OC)c(CC(=O)N(C)C)c2cc(CCC(=O)Nc3ccccc3N)cc(F)c21. The molecule has 0 fully saturated rings. The van der Waals surface area contributed by atoms with Crippen LogP contribution in [0.2, 0.25) is 0 Å². The Balaban J connectivity index is 1.91. The molecule has 0 atom stereocenters. The van der Waals surface area contributed by atoms with Crippen molar-refractivity contribution in [1.29, 1.82) is 0 Å². The number of benzene rings is 2. The highest BCUT2D eigenvalue weighted by Crippen LogP contribution is 2.35. The van der Waals surface area contributed by atoms with Crippen molar-refractivity contribution in [2.45, 2.75) is 32.7 Å². The number of aryl methyl sites for hydroxylation is 2. The van der Waals surface area contributed by atoms with E-state index in [1.54, 1.807) is 42.9 Å². The molecule has 0 saturated heterocycles. The Labute approximate surface area is 186 Å². The molecule has 170 valence electrons. The molecule has 0 radical (unpaired) electrons.